The molecule has 50 heavy (non-hydrogen) atoms. The molecule has 1 aliphatic carbocycles. The third-order valence-electron chi connectivity index (χ3n) is 8.95. The number of methoxy groups -OCH3 is 2. The van der Waals surface area contributed by atoms with Gasteiger partial charge >= 0.3 is 5.97 Å². The highest BCUT2D eigenvalue weighted by Gasteiger charge is 2.53. The van der Waals surface area contributed by atoms with Crippen molar-refractivity contribution in [2.24, 2.45) is 11.5 Å². The maximum absolute atomic E-state index is 14.6. The molecule has 10 nitrogen and oxygen atoms in total. The minimum Gasteiger partial charge on any atom is -0.497 e. The highest BCUT2D eigenvalue weighted by atomic mass is 16.5. The van der Waals surface area contributed by atoms with Gasteiger partial charge in [0.1, 0.15) is 23.9 Å². The topological polar surface area (TPSA) is 147 Å². The van der Waals surface area contributed by atoms with E-state index in [2.05, 4.69) is 23.0 Å². The number of hydrogen-bond acceptors (Lipinski definition) is 9. The second kappa shape index (κ2) is 15.3. The van der Waals surface area contributed by atoms with E-state index in [4.69, 9.17) is 30.4 Å². The third kappa shape index (κ3) is 6.90. The number of amides is 1. The van der Waals surface area contributed by atoms with Crippen LogP contribution in [0.5, 0.6) is 17.2 Å². The molecule has 0 heterocycles. The first kappa shape index (κ1) is 34.2. The fourth-order valence-corrected chi connectivity index (χ4v) is 6.30. The molecule has 10 heteroatoms. The molecule has 0 aliphatic heterocycles. The number of nitrogens with one attached hydrogen (secondary N) is 2. The van der Waals surface area contributed by atoms with Crippen molar-refractivity contribution < 1.29 is 28.5 Å². The van der Waals surface area contributed by atoms with E-state index >= 15 is 0 Å². The van der Waals surface area contributed by atoms with Gasteiger partial charge in [0.2, 0.25) is 6.10 Å². The SMILES string of the molecule is COc1ccc(C(N)(C(=O)OCC2c3ccccc3-c3ccccc32)C(Oc2ccccc2)C(=O)NNCc2ccc(CN)cc2)c(OC)c1. The fourth-order valence-electron chi connectivity index (χ4n) is 6.30. The van der Waals surface area contributed by atoms with Gasteiger partial charge in [-0.15, -0.1) is 0 Å². The lowest BCUT2D eigenvalue weighted by molar-refractivity contribution is -0.159. The van der Waals surface area contributed by atoms with Crippen LogP contribution < -0.4 is 36.5 Å². The fraction of sp³-hybridized carbons (Fsp3) is 0.200. The van der Waals surface area contributed by atoms with Crippen molar-refractivity contribution in [1.29, 1.82) is 0 Å². The van der Waals surface area contributed by atoms with Crippen molar-refractivity contribution in [3.05, 3.63) is 149 Å². The summed E-state index contributed by atoms with van der Waals surface area (Å²) >= 11 is 0. The molecule has 0 saturated carbocycles. The highest BCUT2D eigenvalue weighted by Crippen LogP contribution is 2.45. The van der Waals surface area contributed by atoms with Crippen LogP contribution in [0.25, 0.3) is 11.1 Å². The minimum atomic E-state index is -2.21. The van der Waals surface area contributed by atoms with Crippen LogP contribution in [-0.4, -0.2) is 38.8 Å². The summed E-state index contributed by atoms with van der Waals surface area (Å²) in [4.78, 5) is 28.8. The van der Waals surface area contributed by atoms with E-state index in [0.29, 0.717) is 18.0 Å². The van der Waals surface area contributed by atoms with Crippen LogP contribution in [0.1, 0.15) is 33.7 Å². The van der Waals surface area contributed by atoms with Gasteiger partial charge in [0.05, 0.1) is 14.2 Å². The van der Waals surface area contributed by atoms with E-state index in [1.165, 1.54) is 14.2 Å². The molecule has 5 aromatic carbocycles. The number of nitrogens with two attached hydrogens (primary N) is 2. The van der Waals surface area contributed by atoms with Gasteiger partial charge in [-0.1, -0.05) is 91.0 Å². The van der Waals surface area contributed by atoms with Crippen LogP contribution in [0.15, 0.2) is 121 Å². The second-order valence-corrected chi connectivity index (χ2v) is 11.9. The molecule has 0 fully saturated rings. The van der Waals surface area contributed by atoms with Gasteiger partial charge in [-0.3, -0.25) is 10.2 Å². The largest absolute Gasteiger partial charge is 0.497 e. The Balaban J connectivity index is 1.36. The molecule has 5 aromatic rings. The number of esters is 1. The Bertz CT molecular complexity index is 1910. The summed E-state index contributed by atoms with van der Waals surface area (Å²) in [5.74, 6) is -0.838. The number of carbonyl (C=O) groups excluding carboxylic acids is 2. The molecule has 6 N–H and O–H groups in total. The van der Waals surface area contributed by atoms with Crippen LogP contribution in [0.3, 0.4) is 0 Å². The average Bonchev–Trinajstić information content (AvgIpc) is 3.49. The quantitative estimate of drug-likeness (QED) is 0.0952. The molecule has 0 radical (unpaired) electrons. The number of hydrogen-bond donors (Lipinski definition) is 4. The van der Waals surface area contributed by atoms with Crippen LogP contribution in [-0.2, 0) is 33.0 Å². The first-order valence-corrected chi connectivity index (χ1v) is 16.3. The van der Waals surface area contributed by atoms with Gasteiger partial charge in [-0.2, -0.15) is 0 Å². The Hall–Kier alpha value is -5.68. The normalized spacial score (nSPS) is 13.7. The second-order valence-electron chi connectivity index (χ2n) is 11.9. The minimum absolute atomic E-state index is 0.0268. The maximum Gasteiger partial charge on any atom is 0.335 e. The van der Waals surface area contributed by atoms with Crippen LogP contribution in [0.4, 0.5) is 0 Å². The van der Waals surface area contributed by atoms with Crippen molar-refractivity contribution >= 4 is 11.9 Å². The molecular weight excluding hydrogens is 632 g/mol. The summed E-state index contributed by atoms with van der Waals surface area (Å²) in [5.41, 5.74) is 22.6. The Labute approximate surface area is 291 Å². The first-order valence-electron chi connectivity index (χ1n) is 16.3. The molecule has 2 atom stereocenters. The van der Waals surface area contributed by atoms with Crippen molar-refractivity contribution in [3.8, 4) is 28.4 Å². The lowest BCUT2D eigenvalue weighted by atomic mass is 9.83. The number of carbonyl (C=O) groups is 2. The van der Waals surface area contributed by atoms with Gasteiger partial charge in [0.25, 0.3) is 5.91 Å². The number of ether oxygens (including phenoxy) is 4. The van der Waals surface area contributed by atoms with E-state index < -0.39 is 23.5 Å². The Morgan fingerprint density at radius 2 is 1.38 bits per heavy atom. The van der Waals surface area contributed by atoms with E-state index in [0.717, 1.165) is 33.4 Å². The average molecular weight is 673 g/mol. The lowest BCUT2D eigenvalue weighted by Gasteiger charge is -2.35. The summed E-state index contributed by atoms with van der Waals surface area (Å²) in [6, 6.07) is 37.2. The van der Waals surface area contributed by atoms with Crippen LogP contribution >= 0.6 is 0 Å². The zero-order valence-corrected chi connectivity index (χ0v) is 27.9. The molecule has 0 bridgehead atoms. The molecule has 2 unspecified atom stereocenters. The third-order valence-corrected chi connectivity index (χ3v) is 8.95. The zero-order valence-electron chi connectivity index (χ0n) is 27.9. The smallest absolute Gasteiger partial charge is 0.335 e. The molecule has 0 spiro atoms. The number of benzene rings is 5. The zero-order chi connectivity index (χ0) is 35.1. The molecule has 0 aromatic heterocycles. The van der Waals surface area contributed by atoms with Crippen molar-refractivity contribution in [2.75, 3.05) is 20.8 Å². The maximum atomic E-state index is 14.6. The summed E-state index contributed by atoms with van der Waals surface area (Å²) < 4.78 is 23.6. The molecule has 256 valence electrons. The van der Waals surface area contributed by atoms with Gasteiger partial charge in [0, 0.05) is 30.6 Å². The first-order chi connectivity index (χ1) is 24.4. The van der Waals surface area contributed by atoms with E-state index in [1.807, 2.05) is 66.7 Å². The van der Waals surface area contributed by atoms with Crippen LogP contribution in [0.2, 0.25) is 0 Å². The van der Waals surface area contributed by atoms with Crippen molar-refractivity contribution in [3.63, 3.8) is 0 Å². The monoisotopic (exact) mass is 672 g/mol. The Morgan fingerprint density at radius 1 is 0.760 bits per heavy atom. The summed E-state index contributed by atoms with van der Waals surface area (Å²) in [7, 11) is 2.96. The molecule has 6 rings (SSSR count). The summed E-state index contributed by atoms with van der Waals surface area (Å²) in [6.07, 6.45) is -1.63. The van der Waals surface area contributed by atoms with Crippen LogP contribution in [0, 0.1) is 0 Å². The lowest BCUT2D eigenvalue weighted by Crippen LogP contribution is -2.63. The van der Waals surface area contributed by atoms with Gasteiger partial charge in [-0.25, -0.2) is 10.2 Å². The standard InChI is InChI=1S/C40H40N4O6/c1-47-29-20-21-35(36(22-29)48-2)40(42,39(46)49-25-34-32-14-8-6-12-30(32)31-13-7-9-15-33(31)34)37(50-28-10-4-3-5-11-28)38(45)44-43-24-27-18-16-26(23-41)17-19-27/h3-22,34,37,43H,23-25,41-42H2,1-2H3,(H,44,45). The molecular formula is C40H40N4O6. The van der Waals surface area contributed by atoms with E-state index in [1.54, 1.807) is 42.5 Å². The van der Waals surface area contributed by atoms with Crippen molar-refractivity contribution in [1.82, 2.24) is 10.9 Å². The number of para-hydroxylation sites is 1. The van der Waals surface area contributed by atoms with E-state index in [-0.39, 0.29) is 30.4 Å². The van der Waals surface area contributed by atoms with Crippen molar-refractivity contribution in [2.45, 2.75) is 30.7 Å². The Morgan fingerprint density at radius 3 is 2.00 bits per heavy atom. The summed E-state index contributed by atoms with van der Waals surface area (Å²) in [6.45, 7) is 0.677. The number of rotatable bonds is 14. The molecule has 0 saturated heterocycles. The highest BCUT2D eigenvalue weighted by molar-refractivity contribution is 5.94. The molecule has 1 amide bonds. The van der Waals surface area contributed by atoms with Gasteiger partial charge in [-0.05, 0) is 57.6 Å². The number of fused-ring (bicyclic) bond motifs is 3. The predicted octanol–water partition coefficient (Wildman–Crippen LogP) is 4.94. The van der Waals surface area contributed by atoms with E-state index in [9.17, 15) is 9.59 Å². The summed E-state index contributed by atoms with van der Waals surface area (Å²) in [5, 5.41) is 0. The number of hydrazine groups is 1. The molecule has 1 aliphatic rings. The Kier molecular flexibility index (Phi) is 10.4. The van der Waals surface area contributed by atoms with Gasteiger partial charge in [0.15, 0.2) is 5.54 Å². The van der Waals surface area contributed by atoms with Gasteiger partial charge < -0.3 is 30.4 Å². The predicted molar refractivity (Wildman–Crippen MR) is 190 cm³/mol.